The van der Waals surface area contributed by atoms with Crippen molar-refractivity contribution in [2.45, 2.75) is 25.5 Å². The smallest absolute Gasteiger partial charge is 0.0114 e. The second-order valence-corrected chi connectivity index (χ2v) is 3.31. The van der Waals surface area contributed by atoms with Crippen LogP contribution in [0.1, 0.15) is 20.3 Å². The zero-order chi connectivity index (χ0) is 6.15. The van der Waals surface area contributed by atoms with E-state index in [0.29, 0.717) is 11.2 Å². The van der Waals surface area contributed by atoms with Crippen LogP contribution in [0.3, 0.4) is 0 Å². The summed E-state index contributed by atoms with van der Waals surface area (Å²) in [4.78, 5) is 0. The molecule has 0 heterocycles. The van der Waals surface area contributed by atoms with Gasteiger partial charge in [-0.3, -0.25) is 0 Å². The summed E-state index contributed by atoms with van der Waals surface area (Å²) in [6, 6.07) is 0. The molecule has 0 aromatic rings. The Bertz CT molecular complexity index is 116. The largest absolute Gasteiger partial charge is 0.175 e. The molecule has 0 amide bonds. The summed E-state index contributed by atoms with van der Waals surface area (Å²) >= 11 is 4.39. The van der Waals surface area contributed by atoms with Gasteiger partial charge in [0.25, 0.3) is 0 Å². The number of allylic oxidation sites excluding steroid dienone is 2. The minimum atomic E-state index is 0.593. The van der Waals surface area contributed by atoms with Gasteiger partial charge in [-0.2, -0.15) is 12.6 Å². The second kappa shape index (κ2) is 2.14. The Morgan fingerprint density at radius 3 is 2.50 bits per heavy atom. The first-order valence-corrected chi connectivity index (χ1v) is 3.57. The van der Waals surface area contributed by atoms with E-state index in [0.717, 1.165) is 0 Å². The lowest BCUT2D eigenvalue weighted by Gasteiger charge is -2.04. The highest BCUT2D eigenvalue weighted by Gasteiger charge is 2.17. The predicted molar refractivity (Wildman–Crippen MR) is 40.3 cm³/mol. The fourth-order valence-corrected chi connectivity index (χ4v) is 1.52. The molecule has 1 rings (SSSR count). The van der Waals surface area contributed by atoms with Crippen LogP contribution in [0.4, 0.5) is 0 Å². The SMILES string of the molecule is CC1=CC(C)C(S)C1. The average Bonchev–Trinajstić information content (AvgIpc) is 1.85. The van der Waals surface area contributed by atoms with Gasteiger partial charge in [0, 0.05) is 5.25 Å². The van der Waals surface area contributed by atoms with Crippen LogP contribution in [0, 0.1) is 5.92 Å². The van der Waals surface area contributed by atoms with Crippen molar-refractivity contribution in [2.75, 3.05) is 0 Å². The molecule has 1 aliphatic carbocycles. The minimum absolute atomic E-state index is 0.593. The molecule has 0 fully saturated rings. The van der Waals surface area contributed by atoms with Crippen LogP contribution in [-0.2, 0) is 0 Å². The summed E-state index contributed by atoms with van der Waals surface area (Å²) < 4.78 is 0. The fraction of sp³-hybridized carbons (Fsp3) is 0.714. The molecule has 0 nitrogen and oxygen atoms in total. The molecule has 1 aliphatic rings. The van der Waals surface area contributed by atoms with E-state index in [4.69, 9.17) is 0 Å². The Kier molecular flexibility index (Phi) is 1.66. The molecular weight excluding hydrogens is 116 g/mol. The maximum Gasteiger partial charge on any atom is 0.0114 e. The van der Waals surface area contributed by atoms with E-state index in [2.05, 4.69) is 32.6 Å². The van der Waals surface area contributed by atoms with Gasteiger partial charge >= 0.3 is 0 Å². The third kappa shape index (κ3) is 1.08. The Morgan fingerprint density at radius 1 is 1.75 bits per heavy atom. The minimum Gasteiger partial charge on any atom is -0.175 e. The lowest BCUT2D eigenvalue weighted by atomic mass is 10.2. The van der Waals surface area contributed by atoms with Gasteiger partial charge in [-0.1, -0.05) is 18.6 Å². The molecule has 46 valence electrons. The number of rotatable bonds is 0. The van der Waals surface area contributed by atoms with E-state index >= 15 is 0 Å². The van der Waals surface area contributed by atoms with E-state index in [1.807, 2.05) is 0 Å². The number of hydrogen-bond acceptors (Lipinski definition) is 1. The van der Waals surface area contributed by atoms with E-state index in [9.17, 15) is 0 Å². The van der Waals surface area contributed by atoms with Crippen molar-refractivity contribution in [3.05, 3.63) is 11.6 Å². The normalized spacial score (nSPS) is 37.6. The molecule has 0 saturated carbocycles. The van der Waals surface area contributed by atoms with E-state index in [-0.39, 0.29) is 0 Å². The van der Waals surface area contributed by atoms with Gasteiger partial charge in [0.05, 0.1) is 0 Å². The van der Waals surface area contributed by atoms with E-state index in [1.165, 1.54) is 12.0 Å². The first kappa shape index (κ1) is 6.21. The van der Waals surface area contributed by atoms with Gasteiger partial charge in [-0.15, -0.1) is 0 Å². The average molecular weight is 128 g/mol. The number of thiol groups is 1. The zero-order valence-corrected chi connectivity index (χ0v) is 6.28. The van der Waals surface area contributed by atoms with Gasteiger partial charge in [-0.25, -0.2) is 0 Å². The van der Waals surface area contributed by atoms with Crippen molar-refractivity contribution in [1.82, 2.24) is 0 Å². The molecule has 0 spiro atoms. The first-order valence-electron chi connectivity index (χ1n) is 3.05. The van der Waals surface area contributed by atoms with Crippen molar-refractivity contribution >= 4 is 12.6 Å². The molecule has 2 unspecified atom stereocenters. The molecule has 0 aromatic carbocycles. The Balaban J connectivity index is 2.56. The van der Waals surface area contributed by atoms with Crippen molar-refractivity contribution < 1.29 is 0 Å². The molecular formula is C7H12S. The van der Waals surface area contributed by atoms with E-state index < -0.39 is 0 Å². The highest BCUT2D eigenvalue weighted by Crippen LogP contribution is 2.27. The zero-order valence-electron chi connectivity index (χ0n) is 5.39. The molecule has 0 radical (unpaired) electrons. The fourth-order valence-electron chi connectivity index (χ4n) is 1.14. The van der Waals surface area contributed by atoms with Gasteiger partial charge in [-0.05, 0) is 19.3 Å². The molecule has 0 saturated heterocycles. The van der Waals surface area contributed by atoms with Gasteiger partial charge in [0.1, 0.15) is 0 Å². The van der Waals surface area contributed by atoms with Crippen molar-refractivity contribution in [2.24, 2.45) is 5.92 Å². The summed E-state index contributed by atoms with van der Waals surface area (Å²) in [7, 11) is 0. The van der Waals surface area contributed by atoms with Crippen molar-refractivity contribution in [3.8, 4) is 0 Å². The lowest BCUT2D eigenvalue weighted by molar-refractivity contribution is 0.722. The number of hydrogen-bond donors (Lipinski definition) is 1. The topological polar surface area (TPSA) is 0 Å². The first-order chi connectivity index (χ1) is 3.70. The van der Waals surface area contributed by atoms with Crippen LogP contribution in [0.2, 0.25) is 0 Å². The van der Waals surface area contributed by atoms with Gasteiger partial charge in [0.15, 0.2) is 0 Å². The van der Waals surface area contributed by atoms with Crippen LogP contribution < -0.4 is 0 Å². The maximum absolute atomic E-state index is 4.39. The van der Waals surface area contributed by atoms with Crippen LogP contribution in [0.15, 0.2) is 11.6 Å². The highest BCUT2D eigenvalue weighted by atomic mass is 32.1. The van der Waals surface area contributed by atoms with Crippen LogP contribution in [-0.4, -0.2) is 5.25 Å². The monoisotopic (exact) mass is 128 g/mol. The molecule has 0 N–H and O–H groups in total. The third-order valence-electron chi connectivity index (χ3n) is 1.69. The predicted octanol–water partition coefficient (Wildman–Crippen LogP) is 2.27. The summed E-state index contributed by atoms with van der Waals surface area (Å²) in [5.74, 6) is 0.693. The van der Waals surface area contributed by atoms with Crippen LogP contribution in [0.5, 0.6) is 0 Å². The Morgan fingerprint density at radius 2 is 2.38 bits per heavy atom. The molecule has 0 aliphatic heterocycles. The summed E-state index contributed by atoms with van der Waals surface area (Å²) in [6.07, 6.45) is 3.49. The molecule has 2 atom stereocenters. The molecule has 8 heavy (non-hydrogen) atoms. The Hall–Kier alpha value is 0.0900. The van der Waals surface area contributed by atoms with Crippen LogP contribution in [0.25, 0.3) is 0 Å². The third-order valence-corrected chi connectivity index (χ3v) is 2.34. The van der Waals surface area contributed by atoms with Crippen molar-refractivity contribution in [1.29, 1.82) is 0 Å². The molecule has 0 bridgehead atoms. The quantitative estimate of drug-likeness (QED) is 0.375. The molecule has 1 heteroatoms. The Labute approximate surface area is 56.4 Å². The highest BCUT2D eigenvalue weighted by molar-refractivity contribution is 7.81. The van der Waals surface area contributed by atoms with Gasteiger partial charge in [0.2, 0.25) is 0 Å². The van der Waals surface area contributed by atoms with Gasteiger partial charge < -0.3 is 0 Å². The van der Waals surface area contributed by atoms with Crippen LogP contribution >= 0.6 is 12.6 Å². The van der Waals surface area contributed by atoms with E-state index in [1.54, 1.807) is 0 Å². The summed E-state index contributed by atoms with van der Waals surface area (Å²) in [6.45, 7) is 4.39. The summed E-state index contributed by atoms with van der Waals surface area (Å²) in [5.41, 5.74) is 1.50. The summed E-state index contributed by atoms with van der Waals surface area (Å²) in [5, 5.41) is 0.593. The van der Waals surface area contributed by atoms with Crippen molar-refractivity contribution in [3.63, 3.8) is 0 Å². The second-order valence-electron chi connectivity index (χ2n) is 2.64. The molecule has 0 aromatic heterocycles. The lowest BCUT2D eigenvalue weighted by Crippen LogP contribution is -2.00. The maximum atomic E-state index is 4.39. The standard InChI is InChI=1S/C7H12S/c1-5-3-6(2)7(8)4-5/h3,6-8H,4H2,1-2H3.